The third-order valence-electron chi connectivity index (χ3n) is 3.31. The molecule has 0 saturated heterocycles. The number of hydrogen-bond acceptors (Lipinski definition) is 2. The molecule has 0 bridgehead atoms. The molecule has 0 radical (unpaired) electrons. The van der Waals surface area contributed by atoms with Crippen molar-refractivity contribution in [1.82, 2.24) is 0 Å². The van der Waals surface area contributed by atoms with Gasteiger partial charge in [0.1, 0.15) is 11.6 Å². The molecule has 0 atom stereocenters. The second-order valence-electron chi connectivity index (χ2n) is 4.55. The molecule has 0 aromatic heterocycles. The van der Waals surface area contributed by atoms with Crippen molar-refractivity contribution in [3.63, 3.8) is 0 Å². The van der Waals surface area contributed by atoms with Crippen LogP contribution in [0, 0.1) is 19.7 Å². The van der Waals surface area contributed by atoms with E-state index in [0.717, 1.165) is 11.1 Å². The van der Waals surface area contributed by atoms with E-state index in [2.05, 4.69) is 15.9 Å². The predicted molar refractivity (Wildman–Crippen MR) is 80.0 cm³/mol. The van der Waals surface area contributed by atoms with E-state index in [1.807, 2.05) is 19.9 Å². The second-order valence-corrected chi connectivity index (χ2v) is 5.40. The highest BCUT2D eigenvalue weighted by molar-refractivity contribution is 9.10. The number of methoxy groups -OCH3 is 1. The highest BCUT2D eigenvalue weighted by Gasteiger charge is 2.18. The highest BCUT2D eigenvalue weighted by atomic mass is 79.9. The van der Waals surface area contributed by atoms with Crippen LogP contribution < -0.4 is 4.74 Å². The Bertz CT molecular complexity index is 680. The van der Waals surface area contributed by atoms with Crippen LogP contribution in [0.25, 0.3) is 0 Å². The van der Waals surface area contributed by atoms with Crippen molar-refractivity contribution in [2.24, 2.45) is 0 Å². The summed E-state index contributed by atoms with van der Waals surface area (Å²) in [5.41, 5.74) is 2.70. The van der Waals surface area contributed by atoms with Crippen LogP contribution in [-0.4, -0.2) is 12.9 Å². The average Bonchev–Trinajstić information content (AvgIpc) is 2.44. The van der Waals surface area contributed by atoms with Crippen LogP contribution in [0.1, 0.15) is 27.0 Å². The van der Waals surface area contributed by atoms with Crippen LogP contribution in [0.3, 0.4) is 0 Å². The number of carbonyl (C=O) groups excluding carboxylic acids is 1. The zero-order valence-electron chi connectivity index (χ0n) is 11.5. The zero-order valence-corrected chi connectivity index (χ0v) is 13.0. The Kier molecular flexibility index (Phi) is 4.23. The molecule has 104 valence electrons. The normalized spacial score (nSPS) is 10.4. The Hall–Kier alpha value is -1.68. The van der Waals surface area contributed by atoms with Gasteiger partial charge in [0.15, 0.2) is 5.78 Å². The number of hydrogen-bond donors (Lipinski definition) is 0. The van der Waals surface area contributed by atoms with E-state index in [1.54, 1.807) is 12.1 Å². The third-order valence-corrected chi connectivity index (χ3v) is 3.95. The number of carbonyl (C=O) groups is 1. The van der Waals surface area contributed by atoms with Crippen molar-refractivity contribution in [3.05, 3.63) is 62.9 Å². The second kappa shape index (κ2) is 5.75. The SMILES string of the molecule is COc1c(C(=O)c2ccc(Br)c(F)c2)ccc(C)c1C. The quantitative estimate of drug-likeness (QED) is 0.774. The summed E-state index contributed by atoms with van der Waals surface area (Å²) >= 11 is 3.07. The first-order valence-electron chi connectivity index (χ1n) is 6.09. The van der Waals surface area contributed by atoms with Crippen molar-refractivity contribution in [2.75, 3.05) is 7.11 Å². The van der Waals surface area contributed by atoms with Crippen LogP contribution in [0.5, 0.6) is 5.75 Å². The fourth-order valence-electron chi connectivity index (χ4n) is 2.02. The highest BCUT2D eigenvalue weighted by Crippen LogP contribution is 2.29. The molecule has 0 unspecified atom stereocenters. The lowest BCUT2D eigenvalue weighted by Crippen LogP contribution is -2.06. The maximum absolute atomic E-state index is 13.6. The fraction of sp³-hybridized carbons (Fsp3) is 0.188. The minimum absolute atomic E-state index is 0.253. The van der Waals surface area contributed by atoms with Gasteiger partial charge in [0.05, 0.1) is 17.1 Å². The van der Waals surface area contributed by atoms with E-state index >= 15 is 0 Å². The largest absolute Gasteiger partial charge is 0.496 e. The first-order valence-corrected chi connectivity index (χ1v) is 6.89. The molecule has 0 spiro atoms. The number of aryl methyl sites for hydroxylation is 1. The molecule has 0 heterocycles. The number of rotatable bonds is 3. The van der Waals surface area contributed by atoms with Gasteiger partial charge in [-0.05, 0) is 65.2 Å². The van der Waals surface area contributed by atoms with Crippen LogP contribution in [-0.2, 0) is 0 Å². The molecule has 2 aromatic carbocycles. The monoisotopic (exact) mass is 336 g/mol. The molecule has 4 heteroatoms. The number of halogens is 2. The molecule has 0 N–H and O–H groups in total. The molecule has 20 heavy (non-hydrogen) atoms. The van der Waals surface area contributed by atoms with Gasteiger partial charge < -0.3 is 4.74 Å². The van der Waals surface area contributed by atoms with E-state index in [9.17, 15) is 9.18 Å². The van der Waals surface area contributed by atoms with Crippen molar-refractivity contribution >= 4 is 21.7 Å². The van der Waals surface area contributed by atoms with Crippen LogP contribution >= 0.6 is 15.9 Å². The van der Waals surface area contributed by atoms with E-state index in [1.165, 1.54) is 19.2 Å². The average molecular weight is 337 g/mol. The van der Waals surface area contributed by atoms with E-state index in [-0.39, 0.29) is 5.78 Å². The first-order chi connectivity index (χ1) is 9.45. The van der Waals surface area contributed by atoms with Crippen LogP contribution in [0.15, 0.2) is 34.8 Å². The smallest absolute Gasteiger partial charge is 0.196 e. The molecule has 0 aliphatic rings. The van der Waals surface area contributed by atoms with Crippen molar-refractivity contribution in [2.45, 2.75) is 13.8 Å². The molecule has 2 rings (SSSR count). The van der Waals surface area contributed by atoms with E-state index in [4.69, 9.17) is 4.74 Å². The first kappa shape index (κ1) is 14.7. The van der Waals surface area contributed by atoms with Gasteiger partial charge in [0, 0.05) is 5.56 Å². The van der Waals surface area contributed by atoms with Gasteiger partial charge in [0.25, 0.3) is 0 Å². The standard InChI is InChI=1S/C16H14BrFO2/c1-9-4-6-12(16(20-3)10(9)2)15(19)11-5-7-13(17)14(18)8-11/h4-8H,1-3H3. The maximum atomic E-state index is 13.6. The van der Waals surface area contributed by atoms with Gasteiger partial charge >= 0.3 is 0 Å². The summed E-state index contributed by atoms with van der Waals surface area (Å²) in [5, 5.41) is 0. The molecule has 2 nitrogen and oxygen atoms in total. The number of ether oxygens (including phenoxy) is 1. The summed E-state index contributed by atoms with van der Waals surface area (Å²) in [5.74, 6) is -0.173. The topological polar surface area (TPSA) is 26.3 Å². The molecule has 0 amide bonds. The molecule has 2 aromatic rings. The Morgan fingerprint density at radius 3 is 2.50 bits per heavy atom. The van der Waals surface area contributed by atoms with Crippen LogP contribution in [0.4, 0.5) is 4.39 Å². The molecule has 0 fully saturated rings. The molecular weight excluding hydrogens is 323 g/mol. The summed E-state index contributed by atoms with van der Waals surface area (Å²) < 4.78 is 19.2. The fourth-order valence-corrected chi connectivity index (χ4v) is 2.27. The lowest BCUT2D eigenvalue weighted by Gasteiger charge is -2.13. The van der Waals surface area contributed by atoms with Gasteiger partial charge in [-0.25, -0.2) is 4.39 Å². The van der Waals surface area contributed by atoms with Crippen molar-refractivity contribution in [3.8, 4) is 5.75 Å². The Labute approximate surface area is 125 Å². The zero-order chi connectivity index (χ0) is 14.9. The Morgan fingerprint density at radius 2 is 1.90 bits per heavy atom. The summed E-state index contributed by atoms with van der Waals surface area (Å²) in [6.07, 6.45) is 0. The summed E-state index contributed by atoms with van der Waals surface area (Å²) in [4.78, 5) is 12.5. The maximum Gasteiger partial charge on any atom is 0.196 e. The summed E-state index contributed by atoms with van der Waals surface area (Å²) in [6, 6.07) is 7.91. The molecular formula is C16H14BrFO2. The number of ketones is 1. The van der Waals surface area contributed by atoms with Gasteiger partial charge in [-0.3, -0.25) is 4.79 Å². The molecule has 0 aliphatic heterocycles. The predicted octanol–water partition coefficient (Wildman–Crippen LogP) is 4.44. The summed E-state index contributed by atoms with van der Waals surface area (Å²) in [6.45, 7) is 3.85. The van der Waals surface area contributed by atoms with Gasteiger partial charge in [0.2, 0.25) is 0 Å². The molecule has 0 aliphatic carbocycles. The number of benzene rings is 2. The van der Waals surface area contributed by atoms with Crippen molar-refractivity contribution in [1.29, 1.82) is 0 Å². The summed E-state index contributed by atoms with van der Waals surface area (Å²) in [7, 11) is 1.53. The minimum Gasteiger partial charge on any atom is -0.496 e. The van der Waals surface area contributed by atoms with Gasteiger partial charge in [-0.15, -0.1) is 0 Å². The van der Waals surface area contributed by atoms with Gasteiger partial charge in [-0.1, -0.05) is 6.07 Å². The lowest BCUT2D eigenvalue weighted by atomic mass is 9.97. The van der Waals surface area contributed by atoms with Gasteiger partial charge in [-0.2, -0.15) is 0 Å². The Balaban J connectivity index is 2.53. The van der Waals surface area contributed by atoms with Crippen molar-refractivity contribution < 1.29 is 13.9 Å². The van der Waals surface area contributed by atoms with Crippen LogP contribution in [0.2, 0.25) is 0 Å². The molecule has 0 saturated carbocycles. The van der Waals surface area contributed by atoms with E-state index in [0.29, 0.717) is 21.3 Å². The Morgan fingerprint density at radius 1 is 1.20 bits per heavy atom. The lowest BCUT2D eigenvalue weighted by molar-refractivity contribution is 0.103. The minimum atomic E-state index is -0.460. The third kappa shape index (κ3) is 2.61. The van der Waals surface area contributed by atoms with E-state index < -0.39 is 5.82 Å².